The van der Waals surface area contributed by atoms with Crippen molar-refractivity contribution < 1.29 is 9.59 Å². The van der Waals surface area contributed by atoms with Gasteiger partial charge in [0.25, 0.3) is 0 Å². The molecule has 0 N–H and O–H groups in total. The Balaban J connectivity index is 2.00. The van der Waals surface area contributed by atoms with Crippen LogP contribution < -0.4 is 0 Å². The fourth-order valence-electron chi connectivity index (χ4n) is 3.44. The van der Waals surface area contributed by atoms with E-state index in [1.165, 1.54) is 0 Å². The van der Waals surface area contributed by atoms with Gasteiger partial charge in [-0.15, -0.1) is 0 Å². The van der Waals surface area contributed by atoms with Crippen molar-refractivity contribution in [2.75, 3.05) is 27.2 Å². The van der Waals surface area contributed by atoms with E-state index in [2.05, 4.69) is 6.92 Å². The Hall–Kier alpha value is -1.06. The zero-order chi connectivity index (χ0) is 12.6. The summed E-state index contributed by atoms with van der Waals surface area (Å²) in [5.41, 5.74) is -0.0947. The summed E-state index contributed by atoms with van der Waals surface area (Å²) in [6, 6.07) is 0.104. The number of amides is 2. The summed E-state index contributed by atoms with van der Waals surface area (Å²) in [6.45, 7) is 3.76. The average Bonchev–Trinajstić information content (AvgIpc) is 2.83. The van der Waals surface area contributed by atoms with Crippen molar-refractivity contribution in [3.63, 3.8) is 0 Å². The lowest BCUT2D eigenvalue weighted by Gasteiger charge is -2.26. The van der Waals surface area contributed by atoms with Crippen LogP contribution in [0.2, 0.25) is 0 Å². The Morgan fingerprint density at radius 3 is 2.24 bits per heavy atom. The summed E-state index contributed by atoms with van der Waals surface area (Å²) in [7, 11) is 3.58. The molecule has 0 spiro atoms. The van der Waals surface area contributed by atoms with E-state index in [4.69, 9.17) is 0 Å². The summed E-state index contributed by atoms with van der Waals surface area (Å²) in [5, 5.41) is 0. The van der Waals surface area contributed by atoms with E-state index in [0.717, 1.165) is 38.6 Å². The van der Waals surface area contributed by atoms with Crippen LogP contribution in [0.5, 0.6) is 0 Å². The molecular weight excluding hydrogens is 216 g/mol. The minimum atomic E-state index is -0.0947. The number of rotatable bonds is 2. The number of hydrogen-bond donors (Lipinski definition) is 0. The number of hydrogen-bond acceptors (Lipinski definition) is 2. The molecule has 0 aromatic carbocycles. The second-order valence-corrected chi connectivity index (χ2v) is 5.84. The van der Waals surface area contributed by atoms with E-state index in [9.17, 15) is 9.59 Å². The summed E-state index contributed by atoms with van der Waals surface area (Å²) in [4.78, 5) is 26.6. The molecule has 3 atom stereocenters. The van der Waals surface area contributed by atoms with E-state index in [0.29, 0.717) is 11.8 Å². The standard InChI is InChI=1S/C13H22N2O2/c1-4-13(9-16)5-10-7-15(8-11(10)6-13)12(17)14(2)3/h9-11H,4-8H2,1-3H3/t10-,11+,13-. The molecule has 0 aromatic heterocycles. The third-order valence-corrected chi connectivity index (χ3v) is 4.52. The van der Waals surface area contributed by atoms with Gasteiger partial charge in [0.05, 0.1) is 0 Å². The van der Waals surface area contributed by atoms with Crippen LogP contribution in [0.25, 0.3) is 0 Å². The molecule has 4 nitrogen and oxygen atoms in total. The Labute approximate surface area is 103 Å². The highest BCUT2D eigenvalue weighted by molar-refractivity contribution is 5.74. The van der Waals surface area contributed by atoms with Gasteiger partial charge >= 0.3 is 6.03 Å². The van der Waals surface area contributed by atoms with Crippen molar-refractivity contribution in [2.45, 2.75) is 26.2 Å². The van der Waals surface area contributed by atoms with Crippen LogP contribution in [-0.4, -0.2) is 49.3 Å². The third kappa shape index (κ3) is 2.05. The SMILES string of the molecule is CC[C@]1(C=O)C[C@H]2CN(C(=O)N(C)C)C[C@H]2C1. The molecule has 1 aliphatic heterocycles. The Bertz CT molecular complexity index is 313. The predicted molar refractivity (Wildman–Crippen MR) is 65.7 cm³/mol. The van der Waals surface area contributed by atoms with Crippen LogP contribution in [-0.2, 0) is 4.79 Å². The minimum Gasteiger partial charge on any atom is -0.331 e. The highest BCUT2D eigenvalue weighted by Crippen LogP contribution is 2.49. The first-order valence-electron chi connectivity index (χ1n) is 6.44. The van der Waals surface area contributed by atoms with Gasteiger partial charge in [-0.1, -0.05) is 6.92 Å². The maximum absolute atomic E-state index is 11.9. The van der Waals surface area contributed by atoms with E-state index < -0.39 is 0 Å². The van der Waals surface area contributed by atoms with Gasteiger partial charge in [-0.25, -0.2) is 4.79 Å². The third-order valence-electron chi connectivity index (χ3n) is 4.52. The summed E-state index contributed by atoms with van der Waals surface area (Å²) < 4.78 is 0. The van der Waals surface area contributed by atoms with Crippen molar-refractivity contribution in [1.82, 2.24) is 9.80 Å². The number of likely N-dealkylation sites (tertiary alicyclic amines) is 1. The lowest BCUT2D eigenvalue weighted by atomic mass is 9.83. The van der Waals surface area contributed by atoms with E-state index >= 15 is 0 Å². The zero-order valence-corrected chi connectivity index (χ0v) is 11.0. The molecular formula is C13H22N2O2. The van der Waals surface area contributed by atoms with Gasteiger partial charge in [0.1, 0.15) is 6.29 Å². The molecule has 4 heteroatoms. The normalized spacial score (nSPS) is 35.8. The number of carbonyl (C=O) groups excluding carboxylic acids is 2. The summed E-state index contributed by atoms with van der Waals surface area (Å²) in [6.07, 6.45) is 4.03. The largest absolute Gasteiger partial charge is 0.331 e. The molecule has 2 aliphatic rings. The molecule has 2 rings (SSSR count). The van der Waals surface area contributed by atoms with Crippen LogP contribution in [0.15, 0.2) is 0 Å². The molecule has 0 aromatic rings. The van der Waals surface area contributed by atoms with Gasteiger partial charge in [-0.05, 0) is 31.1 Å². The Morgan fingerprint density at radius 1 is 1.35 bits per heavy atom. The lowest BCUT2D eigenvalue weighted by Crippen LogP contribution is -2.38. The Morgan fingerprint density at radius 2 is 1.88 bits per heavy atom. The van der Waals surface area contributed by atoms with Gasteiger partial charge < -0.3 is 14.6 Å². The number of urea groups is 1. The number of aldehydes is 1. The van der Waals surface area contributed by atoms with E-state index in [1.54, 1.807) is 19.0 Å². The first-order valence-corrected chi connectivity index (χ1v) is 6.44. The maximum atomic E-state index is 11.9. The molecule has 1 aliphatic carbocycles. The Kier molecular flexibility index (Phi) is 3.15. The second-order valence-electron chi connectivity index (χ2n) is 5.84. The van der Waals surface area contributed by atoms with Gasteiger partial charge in [-0.2, -0.15) is 0 Å². The smallest absolute Gasteiger partial charge is 0.319 e. The molecule has 2 fully saturated rings. The van der Waals surface area contributed by atoms with E-state index in [1.807, 2.05) is 4.90 Å². The molecule has 0 unspecified atom stereocenters. The van der Waals surface area contributed by atoms with Crippen molar-refractivity contribution in [3.8, 4) is 0 Å². The molecule has 96 valence electrons. The van der Waals surface area contributed by atoms with Crippen molar-refractivity contribution in [1.29, 1.82) is 0 Å². The molecule has 1 saturated heterocycles. The highest BCUT2D eigenvalue weighted by Gasteiger charge is 2.49. The van der Waals surface area contributed by atoms with Gasteiger partial charge in [-0.3, -0.25) is 0 Å². The lowest BCUT2D eigenvalue weighted by molar-refractivity contribution is -0.116. The molecule has 0 bridgehead atoms. The molecule has 0 radical (unpaired) electrons. The van der Waals surface area contributed by atoms with Crippen LogP contribution in [0.1, 0.15) is 26.2 Å². The maximum Gasteiger partial charge on any atom is 0.319 e. The fraction of sp³-hybridized carbons (Fsp3) is 0.846. The zero-order valence-electron chi connectivity index (χ0n) is 11.0. The van der Waals surface area contributed by atoms with Crippen LogP contribution >= 0.6 is 0 Å². The number of nitrogens with zero attached hydrogens (tertiary/aromatic N) is 2. The van der Waals surface area contributed by atoms with Crippen molar-refractivity contribution in [2.24, 2.45) is 17.3 Å². The topological polar surface area (TPSA) is 40.6 Å². The van der Waals surface area contributed by atoms with Crippen molar-refractivity contribution >= 4 is 12.3 Å². The number of carbonyl (C=O) groups is 2. The minimum absolute atomic E-state index is 0.0947. The highest BCUT2D eigenvalue weighted by atomic mass is 16.2. The monoisotopic (exact) mass is 238 g/mol. The predicted octanol–water partition coefficient (Wildman–Crippen LogP) is 1.61. The molecule has 2 amide bonds. The van der Waals surface area contributed by atoms with Crippen LogP contribution in [0.4, 0.5) is 4.79 Å². The van der Waals surface area contributed by atoms with E-state index in [-0.39, 0.29) is 11.4 Å². The van der Waals surface area contributed by atoms with Crippen molar-refractivity contribution in [3.05, 3.63) is 0 Å². The second kappa shape index (κ2) is 4.31. The fourth-order valence-corrected chi connectivity index (χ4v) is 3.44. The van der Waals surface area contributed by atoms with Gasteiger partial charge in [0.15, 0.2) is 0 Å². The van der Waals surface area contributed by atoms with Crippen LogP contribution in [0, 0.1) is 17.3 Å². The quantitative estimate of drug-likeness (QED) is 0.686. The van der Waals surface area contributed by atoms with Gasteiger partial charge in [0.2, 0.25) is 0 Å². The summed E-state index contributed by atoms with van der Waals surface area (Å²) >= 11 is 0. The first-order chi connectivity index (χ1) is 8.01. The van der Waals surface area contributed by atoms with Gasteiger partial charge in [0, 0.05) is 32.6 Å². The first kappa shape index (κ1) is 12.4. The van der Waals surface area contributed by atoms with Crippen LogP contribution in [0.3, 0.4) is 0 Å². The molecule has 1 saturated carbocycles. The number of fused-ring (bicyclic) bond motifs is 1. The summed E-state index contributed by atoms with van der Waals surface area (Å²) in [5.74, 6) is 1.06. The average molecular weight is 238 g/mol. The molecule has 17 heavy (non-hydrogen) atoms. The molecule has 1 heterocycles.